The lowest BCUT2D eigenvalue weighted by Crippen LogP contribution is -2.51. The molecule has 10 heteroatoms. The molecule has 4 rings (SSSR count). The summed E-state index contributed by atoms with van der Waals surface area (Å²) in [4.78, 5) is 36.0. The molecule has 0 aliphatic carbocycles. The van der Waals surface area contributed by atoms with Crippen molar-refractivity contribution in [2.45, 2.75) is 70.8 Å². The number of aromatic nitrogens is 3. The van der Waals surface area contributed by atoms with Crippen LogP contribution in [0.1, 0.15) is 69.1 Å². The van der Waals surface area contributed by atoms with Gasteiger partial charge in [-0.25, -0.2) is 4.98 Å². The number of carbonyl (C=O) groups is 2. The van der Waals surface area contributed by atoms with Crippen LogP contribution in [0.25, 0.3) is 11.3 Å². The molecule has 3 aromatic rings. The van der Waals surface area contributed by atoms with Crippen LogP contribution in [0.5, 0.6) is 0 Å². The molecule has 1 aliphatic rings. The number of piperidine rings is 1. The van der Waals surface area contributed by atoms with Crippen molar-refractivity contribution in [3.63, 3.8) is 0 Å². The molecule has 0 saturated carbocycles. The summed E-state index contributed by atoms with van der Waals surface area (Å²) < 4.78 is 5.04. The lowest BCUT2D eigenvalue weighted by molar-refractivity contribution is -0.138. The molecule has 4 atom stereocenters. The third kappa shape index (κ3) is 6.19. The fraction of sp³-hybridized carbons (Fsp3) is 0.462. The highest BCUT2D eigenvalue weighted by Crippen LogP contribution is 2.21. The van der Waals surface area contributed by atoms with Crippen molar-refractivity contribution in [3.8, 4) is 11.3 Å². The molecule has 3 heterocycles. The molecule has 0 radical (unpaired) electrons. The first-order valence-electron chi connectivity index (χ1n) is 12.4. The maximum absolute atomic E-state index is 13.3. The van der Waals surface area contributed by atoms with Gasteiger partial charge in [-0.3, -0.25) is 14.9 Å². The maximum atomic E-state index is 13.3. The Morgan fingerprint density at radius 1 is 1.28 bits per heavy atom. The van der Waals surface area contributed by atoms with E-state index in [1.54, 1.807) is 19.2 Å². The van der Waals surface area contributed by atoms with Gasteiger partial charge in [-0.05, 0) is 45.6 Å². The Balaban J connectivity index is 1.47. The second-order valence-electron chi connectivity index (χ2n) is 9.40. The largest absolute Gasteiger partial charge is 0.372 e. The third-order valence-electron chi connectivity index (χ3n) is 6.55. The fourth-order valence-corrected chi connectivity index (χ4v) is 4.48. The van der Waals surface area contributed by atoms with Gasteiger partial charge in [-0.15, -0.1) is 0 Å². The zero-order valence-corrected chi connectivity index (χ0v) is 20.9. The second kappa shape index (κ2) is 11.5. The molecule has 0 spiro atoms. The number of nitrogens with one attached hydrogen (secondary N) is 3. The molecule has 4 N–H and O–H groups in total. The minimum Gasteiger partial charge on any atom is -0.372 e. The highest BCUT2D eigenvalue weighted by Gasteiger charge is 2.31. The smallest absolute Gasteiger partial charge is 0.238 e. The number of H-pyrrole nitrogens is 1. The van der Waals surface area contributed by atoms with E-state index < -0.39 is 24.2 Å². The van der Waals surface area contributed by atoms with Gasteiger partial charge in [0.1, 0.15) is 17.3 Å². The number of nitrogens with zero attached hydrogens (tertiary/aromatic N) is 3. The van der Waals surface area contributed by atoms with Crippen molar-refractivity contribution >= 4 is 11.8 Å². The predicted octanol–water partition coefficient (Wildman–Crippen LogP) is 2.99. The number of amides is 2. The summed E-state index contributed by atoms with van der Waals surface area (Å²) in [6.45, 7) is 6.22. The van der Waals surface area contributed by atoms with Gasteiger partial charge < -0.3 is 24.8 Å². The molecule has 192 valence electrons. The SMILES string of the molecule is Cc1cc(C(O)N[C@@H](CC(=O)N2CCCCC2C)C(=O)N[C@@H](C)c2ncc(-c3ccccc3)[nH]2)no1. The molecule has 2 unspecified atom stereocenters. The van der Waals surface area contributed by atoms with E-state index in [1.807, 2.05) is 49.1 Å². The van der Waals surface area contributed by atoms with Crippen molar-refractivity contribution < 1.29 is 19.2 Å². The maximum Gasteiger partial charge on any atom is 0.238 e. The minimum atomic E-state index is -1.27. The molecule has 36 heavy (non-hydrogen) atoms. The van der Waals surface area contributed by atoms with E-state index in [0.717, 1.165) is 30.5 Å². The number of hydrogen-bond acceptors (Lipinski definition) is 7. The Bertz CT molecular complexity index is 1160. The first-order chi connectivity index (χ1) is 17.3. The molecule has 2 amide bonds. The summed E-state index contributed by atoms with van der Waals surface area (Å²) in [5.41, 5.74) is 2.07. The number of rotatable bonds is 9. The van der Waals surface area contributed by atoms with Crippen LogP contribution in [0.3, 0.4) is 0 Å². The van der Waals surface area contributed by atoms with Crippen molar-refractivity contribution in [1.29, 1.82) is 0 Å². The summed E-state index contributed by atoms with van der Waals surface area (Å²) in [6, 6.07) is 10.0. The molecule has 0 bridgehead atoms. The van der Waals surface area contributed by atoms with Crippen molar-refractivity contribution in [1.82, 2.24) is 30.7 Å². The minimum absolute atomic E-state index is 0.0930. The van der Waals surface area contributed by atoms with Gasteiger partial charge in [-0.1, -0.05) is 35.5 Å². The molecule has 10 nitrogen and oxygen atoms in total. The lowest BCUT2D eigenvalue weighted by Gasteiger charge is -2.34. The van der Waals surface area contributed by atoms with Gasteiger partial charge >= 0.3 is 0 Å². The second-order valence-corrected chi connectivity index (χ2v) is 9.40. The van der Waals surface area contributed by atoms with E-state index in [4.69, 9.17) is 4.52 Å². The Kier molecular flexibility index (Phi) is 8.17. The quantitative estimate of drug-likeness (QED) is 0.336. The Morgan fingerprint density at radius 2 is 2.06 bits per heavy atom. The first-order valence-corrected chi connectivity index (χ1v) is 12.4. The van der Waals surface area contributed by atoms with Crippen LogP contribution >= 0.6 is 0 Å². The Hall–Kier alpha value is -3.50. The number of aliphatic hydroxyl groups excluding tert-OH is 1. The highest BCUT2D eigenvalue weighted by molar-refractivity contribution is 5.88. The van der Waals surface area contributed by atoms with Crippen LogP contribution in [0, 0.1) is 6.92 Å². The van der Waals surface area contributed by atoms with Crippen LogP contribution < -0.4 is 10.6 Å². The van der Waals surface area contributed by atoms with Crippen LogP contribution in [-0.2, 0) is 9.59 Å². The Morgan fingerprint density at radius 3 is 2.75 bits per heavy atom. The molecule has 1 aliphatic heterocycles. The van der Waals surface area contributed by atoms with Gasteiger partial charge in [0.05, 0.1) is 30.4 Å². The highest BCUT2D eigenvalue weighted by atomic mass is 16.5. The van der Waals surface area contributed by atoms with Gasteiger partial charge in [0.2, 0.25) is 11.8 Å². The van der Waals surface area contributed by atoms with Crippen LogP contribution in [0.4, 0.5) is 0 Å². The number of aryl methyl sites for hydroxylation is 1. The standard InChI is InChI=1S/C26H34N6O4/c1-16-9-7-8-12-32(16)23(33)14-20(30-26(35)21-13-17(2)36-31-21)25(34)28-18(3)24-27-15-22(29-24)19-10-5-4-6-11-19/h4-6,10-11,13,15-16,18,20,26,30,35H,7-9,12,14H2,1-3H3,(H,27,29)(H,28,34)/t16?,18-,20-,26?/m0/s1. The van der Waals surface area contributed by atoms with Gasteiger partial charge in [0, 0.05) is 18.7 Å². The fourth-order valence-electron chi connectivity index (χ4n) is 4.48. The monoisotopic (exact) mass is 494 g/mol. The molecular formula is C26H34N6O4. The van der Waals surface area contributed by atoms with Crippen molar-refractivity contribution in [3.05, 3.63) is 59.9 Å². The average Bonchev–Trinajstić information content (AvgIpc) is 3.54. The number of aromatic amines is 1. The van der Waals surface area contributed by atoms with Crippen LogP contribution in [-0.4, -0.2) is 55.6 Å². The number of imidazole rings is 1. The number of carbonyl (C=O) groups excluding carboxylic acids is 2. The molecular weight excluding hydrogens is 460 g/mol. The summed E-state index contributed by atoms with van der Waals surface area (Å²) in [7, 11) is 0. The number of likely N-dealkylation sites (tertiary alicyclic amines) is 1. The van der Waals surface area contributed by atoms with Gasteiger partial charge in [0.15, 0.2) is 6.23 Å². The van der Waals surface area contributed by atoms with E-state index in [9.17, 15) is 14.7 Å². The van der Waals surface area contributed by atoms with Crippen LogP contribution in [0.2, 0.25) is 0 Å². The molecule has 1 aromatic carbocycles. The van der Waals surface area contributed by atoms with Gasteiger partial charge in [0.25, 0.3) is 0 Å². The zero-order valence-electron chi connectivity index (χ0n) is 20.9. The average molecular weight is 495 g/mol. The lowest BCUT2D eigenvalue weighted by atomic mass is 10.0. The van der Waals surface area contributed by atoms with E-state index in [0.29, 0.717) is 18.1 Å². The van der Waals surface area contributed by atoms with Crippen molar-refractivity contribution in [2.75, 3.05) is 6.54 Å². The van der Waals surface area contributed by atoms with E-state index in [-0.39, 0.29) is 24.1 Å². The normalized spacial score (nSPS) is 18.4. The Labute approximate surface area is 210 Å². The molecule has 1 saturated heterocycles. The van der Waals surface area contributed by atoms with Gasteiger partial charge in [-0.2, -0.15) is 0 Å². The van der Waals surface area contributed by atoms with E-state index in [1.165, 1.54) is 0 Å². The number of hydrogen-bond donors (Lipinski definition) is 4. The molecule has 2 aromatic heterocycles. The third-order valence-corrected chi connectivity index (χ3v) is 6.55. The molecule has 1 fully saturated rings. The van der Waals surface area contributed by atoms with E-state index >= 15 is 0 Å². The summed E-state index contributed by atoms with van der Waals surface area (Å²) in [5, 5.41) is 20.3. The van der Waals surface area contributed by atoms with E-state index in [2.05, 4.69) is 25.8 Å². The summed E-state index contributed by atoms with van der Waals surface area (Å²) in [5.74, 6) is 0.572. The summed E-state index contributed by atoms with van der Waals surface area (Å²) >= 11 is 0. The number of aliphatic hydroxyl groups is 1. The van der Waals surface area contributed by atoms with Crippen molar-refractivity contribution in [2.24, 2.45) is 0 Å². The predicted molar refractivity (Wildman–Crippen MR) is 133 cm³/mol. The first kappa shape index (κ1) is 25.6. The summed E-state index contributed by atoms with van der Waals surface area (Å²) in [6.07, 6.45) is 3.33. The van der Waals surface area contributed by atoms with Crippen LogP contribution in [0.15, 0.2) is 47.1 Å². The number of benzene rings is 1. The zero-order chi connectivity index (χ0) is 25.7. The topological polar surface area (TPSA) is 136 Å².